The Morgan fingerprint density at radius 1 is 1.45 bits per heavy atom. The van der Waals surface area contributed by atoms with Gasteiger partial charge in [-0.25, -0.2) is 8.42 Å². The fraction of sp³-hybridized carbons (Fsp3) is 0.250. The van der Waals surface area contributed by atoms with E-state index in [1.807, 2.05) is 0 Å². The smallest absolute Gasteiger partial charge is 0.244 e. The molecule has 0 saturated heterocycles. The number of sulfonamides is 1. The summed E-state index contributed by atoms with van der Waals surface area (Å²) in [5, 5.41) is 6.58. The number of anilines is 1. The Kier molecular flexibility index (Phi) is 4.03. The van der Waals surface area contributed by atoms with Crippen LogP contribution in [0.15, 0.2) is 29.4 Å². The summed E-state index contributed by atoms with van der Waals surface area (Å²) < 4.78 is 26.2. The Balaban J connectivity index is 2.37. The molecule has 0 bridgehead atoms. The van der Waals surface area contributed by atoms with Crippen LogP contribution in [0, 0.1) is 6.92 Å². The molecule has 0 aliphatic carbocycles. The number of nitrogen functional groups attached to an aromatic ring is 1. The highest BCUT2D eigenvalue weighted by atomic mass is 35.5. The molecule has 0 atom stereocenters. The summed E-state index contributed by atoms with van der Waals surface area (Å²) in [7, 11) is -2.22. The molecule has 0 unspecified atom stereocenters. The molecule has 1 aromatic heterocycles. The highest BCUT2D eigenvalue weighted by Crippen LogP contribution is 2.29. The van der Waals surface area contributed by atoms with Crippen LogP contribution in [-0.2, 0) is 16.6 Å². The number of nitrogens with zero attached hydrogens (tertiary/aromatic N) is 2. The highest BCUT2D eigenvalue weighted by molar-refractivity contribution is 7.89. The standard InChI is InChI=1S/C12H15ClN4O2S/c1-8-3-10(13)12(4-11(8)14)20(18,19)17(2)7-9-5-15-16-6-9/h3-6H,7,14H2,1-2H3,(H,15,16). The van der Waals surface area contributed by atoms with Gasteiger partial charge in [-0.05, 0) is 24.6 Å². The summed E-state index contributed by atoms with van der Waals surface area (Å²) in [5.41, 5.74) is 7.66. The van der Waals surface area contributed by atoms with Gasteiger partial charge in [0.2, 0.25) is 10.0 Å². The van der Waals surface area contributed by atoms with Gasteiger partial charge < -0.3 is 5.73 Å². The number of rotatable bonds is 4. The molecule has 1 heterocycles. The number of hydrogen-bond acceptors (Lipinski definition) is 4. The topological polar surface area (TPSA) is 92.1 Å². The van der Waals surface area contributed by atoms with E-state index in [0.29, 0.717) is 5.69 Å². The Labute approximate surface area is 122 Å². The summed E-state index contributed by atoms with van der Waals surface area (Å²) in [5.74, 6) is 0. The van der Waals surface area contributed by atoms with Crippen LogP contribution in [0.2, 0.25) is 5.02 Å². The SMILES string of the molecule is Cc1cc(Cl)c(S(=O)(=O)N(C)Cc2cn[nH]c2)cc1N. The largest absolute Gasteiger partial charge is 0.398 e. The molecular formula is C12H15ClN4O2S. The summed E-state index contributed by atoms with van der Waals surface area (Å²) >= 11 is 6.03. The molecule has 20 heavy (non-hydrogen) atoms. The first-order valence-corrected chi connectivity index (χ1v) is 7.64. The lowest BCUT2D eigenvalue weighted by molar-refractivity contribution is 0.467. The van der Waals surface area contributed by atoms with E-state index in [9.17, 15) is 8.42 Å². The summed E-state index contributed by atoms with van der Waals surface area (Å²) in [6.07, 6.45) is 3.20. The predicted molar refractivity (Wildman–Crippen MR) is 77.8 cm³/mol. The number of H-pyrrole nitrogens is 1. The van der Waals surface area contributed by atoms with Crippen molar-refractivity contribution in [2.45, 2.75) is 18.4 Å². The molecule has 0 radical (unpaired) electrons. The number of nitrogens with one attached hydrogen (secondary N) is 1. The second-order valence-electron chi connectivity index (χ2n) is 4.51. The van der Waals surface area contributed by atoms with Gasteiger partial charge in [-0.3, -0.25) is 5.10 Å². The van der Waals surface area contributed by atoms with Crippen molar-refractivity contribution in [3.63, 3.8) is 0 Å². The van der Waals surface area contributed by atoms with Crippen LogP contribution in [0.1, 0.15) is 11.1 Å². The Hall–Kier alpha value is -1.57. The average Bonchev–Trinajstić information content (AvgIpc) is 2.86. The van der Waals surface area contributed by atoms with Crippen LogP contribution in [-0.4, -0.2) is 30.0 Å². The van der Waals surface area contributed by atoms with Crippen molar-refractivity contribution in [1.29, 1.82) is 0 Å². The number of nitrogens with two attached hydrogens (primary N) is 1. The second-order valence-corrected chi connectivity index (χ2v) is 6.93. The zero-order chi connectivity index (χ0) is 14.9. The second kappa shape index (κ2) is 5.43. The van der Waals surface area contributed by atoms with E-state index < -0.39 is 10.0 Å². The minimum Gasteiger partial charge on any atom is -0.398 e. The minimum absolute atomic E-state index is 0.00765. The van der Waals surface area contributed by atoms with E-state index in [1.54, 1.807) is 25.4 Å². The lowest BCUT2D eigenvalue weighted by Crippen LogP contribution is -2.26. The maximum Gasteiger partial charge on any atom is 0.244 e. The maximum atomic E-state index is 12.5. The van der Waals surface area contributed by atoms with E-state index in [1.165, 1.54) is 17.4 Å². The molecule has 8 heteroatoms. The first-order chi connectivity index (χ1) is 9.32. The molecule has 0 aliphatic heterocycles. The lowest BCUT2D eigenvalue weighted by Gasteiger charge is -2.18. The quantitative estimate of drug-likeness (QED) is 0.841. The van der Waals surface area contributed by atoms with Crippen LogP contribution < -0.4 is 5.73 Å². The van der Waals surface area contributed by atoms with Gasteiger partial charge in [0.15, 0.2) is 0 Å². The molecule has 2 rings (SSSR count). The summed E-state index contributed by atoms with van der Waals surface area (Å²) in [6, 6.07) is 2.94. The monoisotopic (exact) mass is 314 g/mol. The first-order valence-electron chi connectivity index (χ1n) is 5.82. The summed E-state index contributed by atoms with van der Waals surface area (Å²) in [4.78, 5) is 0.00765. The van der Waals surface area contributed by atoms with Gasteiger partial charge >= 0.3 is 0 Å². The Morgan fingerprint density at radius 2 is 2.15 bits per heavy atom. The van der Waals surface area contributed by atoms with Crippen LogP contribution in [0.4, 0.5) is 5.69 Å². The van der Waals surface area contributed by atoms with Crippen molar-refractivity contribution in [2.24, 2.45) is 0 Å². The van der Waals surface area contributed by atoms with E-state index in [-0.39, 0.29) is 16.5 Å². The third-order valence-corrected chi connectivity index (χ3v) is 5.24. The molecule has 0 amide bonds. The van der Waals surface area contributed by atoms with Crippen molar-refractivity contribution in [1.82, 2.24) is 14.5 Å². The van der Waals surface area contributed by atoms with Crippen molar-refractivity contribution < 1.29 is 8.42 Å². The number of benzene rings is 1. The molecule has 3 N–H and O–H groups in total. The zero-order valence-electron chi connectivity index (χ0n) is 11.1. The van der Waals surface area contributed by atoms with Crippen LogP contribution >= 0.6 is 11.6 Å². The average molecular weight is 315 g/mol. The molecule has 2 aromatic rings. The fourth-order valence-electron chi connectivity index (χ4n) is 1.74. The first kappa shape index (κ1) is 14.8. The molecule has 0 spiro atoms. The molecule has 0 aliphatic rings. The van der Waals surface area contributed by atoms with Gasteiger partial charge in [-0.15, -0.1) is 0 Å². The normalized spacial score (nSPS) is 12.0. The van der Waals surface area contributed by atoms with Gasteiger partial charge in [0.25, 0.3) is 0 Å². The Bertz CT molecular complexity index is 713. The van der Waals surface area contributed by atoms with E-state index >= 15 is 0 Å². The van der Waals surface area contributed by atoms with Gasteiger partial charge in [-0.1, -0.05) is 11.6 Å². The van der Waals surface area contributed by atoms with E-state index in [2.05, 4.69) is 10.2 Å². The molecule has 0 fully saturated rings. The predicted octanol–water partition coefficient (Wildman–Crippen LogP) is 1.77. The Morgan fingerprint density at radius 3 is 2.75 bits per heavy atom. The van der Waals surface area contributed by atoms with Gasteiger partial charge in [-0.2, -0.15) is 9.40 Å². The van der Waals surface area contributed by atoms with Gasteiger partial charge in [0, 0.05) is 31.0 Å². The lowest BCUT2D eigenvalue weighted by atomic mass is 10.2. The highest BCUT2D eigenvalue weighted by Gasteiger charge is 2.24. The number of aryl methyl sites for hydroxylation is 1. The van der Waals surface area contributed by atoms with Crippen molar-refractivity contribution in [3.8, 4) is 0 Å². The van der Waals surface area contributed by atoms with Crippen molar-refractivity contribution in [2.75, 3.05) is 12.8 Å². The van der Waals surface area contributed by atoms with Gasteiger partial charge in [0.1, 0.15) is 4.90 Å². The number of hydrogen-bond donors (Lipinski definition) is 2. The van der Waals surface area contributed by atoms with Gasteiger partial charge in [0.05, 0.1) is 11.2 Å². The van der Waals surface area contributed by atoms with Crippen molar-refractivity contribution >= 4 is 27.3 Å². The molecule has 108 valence electrons. The molecule has 0 saturated carbocycles. The summed E-state index contributed by atoms with van der Waals surface area (Å²) in [6.45, 7) is 1.97. The third kappa shape index (κ3) is 2.79. The fourth-order valence-corrected chi connectivity index (χ4v) is 3.49. The zero-order valence-corrected chi connectivity index (χ0v) is 12.7. The van der Waals surface area contributed by atoms with Crippen LogP contribution in [0.3, 0.4) is 0 Å². The number of halogens is 1. The molecule has 6 nitrogen and oxygen atoms in total. The number of aromatic nitrogens is 2. The van der Waals surface area contributed by atoms with E-state index in [0.717, 1.165) is 11.1 Å². The van der Waals surface area contributed by atoms with Crippen molar-refractivity contribution in [3.05, 3.63) is 40.7 Å². The van der Waals surface area contributed by atoms with Crippen LogP contribution in [0.5, 0.6) is 0 Å². The maximum absolute atomic E-state index is 12.5. The molecule has 1 aromatic carbocycles. The third-order valence-electron chi connectivity index (χ3n) is 2.97. The molecular weight excluding hydrogens is 300 g/mol. The van der Waals surface area contributed by atoms with E-state index in [4.69, 9.17) is 17.3 Å². The minimum atomic E-state index is -3.71. The number of aromatic amines is 1. The van der Waals surface area contributed by atoms with Crippen LogP contribution in [0.25, 0.3) is 0 Å².